The molecule has 1 aromatic carbocycles. The summed E-state index contributed by atoms with van der Waals surface area (Å²) in [6.07, 6.45) is 5.55. The number of amides is 1. The van der Waals surface area contributed by atoms with Gasteiger partial charge in [0.25, 0.3) is 0 Å². The molecule has 0 saturated carbocycles. The van der Waals surface area contributed by atoms with Crippen molar-refractivity contribution >= 4 is 34.7 Å². The number of rotatable bonds is 9. The fourth-order valence-electron chi connectivity index (χ4n) is 3.08. The second-order valence-corrected chi connectivity index (χ2v) is 8.89. The molecule has 0 aliphatic heterocycles. The first kappa shape index (κ1) is 21.9. The van der Waals surface area contributed by atoms with Crippen molar-refractivity contribution in [3.05, 3.63) is 83.1 Å². The number of nitrogens with zero attached hydrogens (tertiary/aromatic N) is 5. The van der Waals surface area contributed by atoms with E-state index in [4.69, 9.17) is 0 Å². The molecule has 0 fully saturated rings. The fraction of sp³-hybridized carbons (Fsp3) is 0.174. The Bertz CT molecular complexity index is 1220. The predicted molar refractivity (Wildman–Crippen MR) is 129 cm³/mol. The molecule has 0 aliphatic carbocycles. The van der Waals surface area contributed by atoms with E-state index in [-0.39, 0.29) is 12.3 Å². The van der Waals surface area contributed by atoms with Crippen molar-refractivity contribution in [2.45, 2.75) is 30.8 Å². The lowest BCUT2D eigenvalue weighted by atomic mass is 10.2. The van der Waals surface area contributed by atoms with Crippen LogP contribution in [0.3, 0.4) is 0 Å². The number of carbonyl (C=O) groups is 1. The molecule has 0 atom stereocenters. The Labute approximate surface area is 194 Å². The Morgan fingerprint density at radius 2 is 2.03 bits per heavy atom. The summed E-state index contributed by atoms with van der Waals surface area (Å²) in [6, 6.07) is 11.5. The summed E-state index contributed by atoms with van der Waals surface area (Å²) >= 11 is 3.06. The first-order valence-electron chi connectivity index (χ1n) is 10.00. The molecule has 7 nitrogen and oxygen atoms in total. The number of nitrogens with one attached hydrogen (secondary N) is 1. The van der Waals surface area contributed by atoms with Crippen molar-refractivity contribution < 1.29 is 4.79 Å². The van der Waals surface area contributed by atoms with Gasteiger partial charge >= 0.3 is 0 Å². The van der Waals surface area contributed by atoms with Crippen molar-refractivity contribution in [2.75, 3.05) is 5.32 Å². The summed E-state index contributed by atoms with van der Waals surface area (Å²) in [6.45, 7) is 6.43. The van der Waals surface area contributed by atoms with E-state index in [1.165, 1.54) is 11.3 Å². The van der Waals surface area contributed by atoms with Crippen molar-refractivity contribution in [3.63, 3.8) is 0 Å². The largest absolute Gasteiger partial charge is 0.325 e. The molecule has 0 unspecified atom stereocenters. The van der Waals surface area contributed by atoms with Crippen molar-refractivity contribution in [2.24, 2.45) is 0 Å². The molecule has 4 rings (SSSR count). The minimum atomic E-state index is -0.0689. The second-order valence-electron chi connectivity index (χ2n) is 7.00. The molecule has 3 aromatic heterocycles. The molecular formula is C23H22N6OS2. The molecule has 1 N–H and O–H groups in total. The summed E-state index contributed by atoms with van der Waals surface area (Å²) in [4.78, 5) is 21.1. The van der Waals surface area contributed by atoms with Crippen molar-refractivity contribution in [1.82, 2.24) is 24.7 Å². The van der Waals surface area contributed by atoms with Crippen molar-refractivity contribution in [1.29, 1.82) is 0 Å². The maximum atomic E-state index is 12.4. The summed E-state index contributed by atoms with van der Waals surface area (Å²) in [5.74, 6) is 1.35. The quantitative estimate of drug-likeness (QED) is 0.285. The average molecular weight is 463 g/mol. The maximum absolute atomic E-state index is 12.4. The van der Waals surface area contributed by atoms with Crippen molar-refractivity contribution in [3.8, 4) is 11.4 Å². The zero-order valence-corrected chi connectivity index (χ0v) is 19.2. The standard InChI is InChI=1S/C23H22N6OS2/c1-3-12-29-22(17-8-10-24-11-9-17)27-28-23(29)32-15-18-14-31-21(25-18)13-20(30)26-19-7-5-4-6-16(19)2/h3-11,14H,1,12-13,15H2,2H3,(H,26,30). The molecule has 1 amide bonds. The van der Waals surface area contributed by atoms with Crippen LogP contribution in [0.1, 0.15) is 16.3 Å². The Morgan fingerprint density at radius 3 is 2.81 bits per heavy atom. The van der Waals surface area contributed by atoms with E-state index < -0.39 is 0 Å². The zero-order chi connectivity index (χ0) is 22.3. The number of thioether (sulfide) groups is 1. The third kappa shape index (κ3) is 5.30. The van der Waals surface area contributed by atoms with Crippen LogP contribution in [0.2, 0.25) is 0 Å². The third-order valence-electron chi connectivity index (χ3n) is 4.65. The van der Waals surface area contributed by atoms with E-state index in [9.17, 15) is 4.79 Å². The zero-order valence-electron chi connectivity index (χ0n) is 17.6. The van der Waals surface area contributed by atoms with E-state index in [0.717, 1.165) is 38.5 Å². The lowest BCUT2D eigenvalue weighted by molar-refractivity contribution is -0.115. The number of benzene rings is 1. The molecule has 3 heterocycles. The first-order chi connectivity index (χ1) is 15.6. The van der Waals surface area contributed by atoms with Gasteiger partial charge in [0.1, 0.15) is 5.01 Å². The molecule has 9 heteroatoms. The van der Waals surface area contributed by atoms with Crippen LogP contribution in [0.15, 0.2) is 72.0 Å². The summed E-state index contributed by atoms with van der Waals surface area (Å²) < 4.78 is 2.02. The van der Waals surface area contributed by atoms with E-state index in [2.05, 4.69) is 32.1 Å². The van der Waals surface area contributed by atoms with E-state index in [0.29, 0.717) is 12.3 Å². The van der Waals surface area contributed by atoms with Gasteiger partial charge in [0.2, 0.25) is 5.91 Å². The van der Waals surface area contributed by atoms with Crippen LogP contribution >= 0.6 is 23.1 Å². The second kappa shape index (κ2) is 10.3. The molecule has 0 spiro atoms. The lowest BCUT2D eigenvalue weighted by Gasteiger charge is -2.07. The highest BCUT2D eigenvalue weighted by Gasteiger charge is 2.15. The number of pyridine rings is 1. The topological polar surface area (TPSA) is 85.6 Å². The number of para-hydroxylation sites is 1. The number of anilines is 1. The highest BCUT2D eigenvalue weighted by Crippen LogP contribution is 2.27. The predicted octanol–water partition coefficient (Wildman–Crippen LogP) is 4.76. The van der Waals surface area contributed by atoms with Gasteiger partial charge in [-0.3, -0.25) is 14.3 Å². The number of aromatic nitrogens is 5. The molecule has 162 valence electrons. The average Bonchev–Trinajstić information content (AvgIpc) is 3.41. The normalized spacial score (nSPS) is 10.8. The van der Waals surface area contributed by atoms with Gasteiger partial charge in [-0.1, -0.05) is 36.0 Å². The van der Waals surface area contributed by atoms with Gasteiger partial charge in [-0.05, 0) is 30.7 Å². The highest BCUT2D eigenvalue weighted by molar-refractivity contribution is 7.98. The Kier molecular flexibility index (Phi) is 7.08. The van der Waals surface area contributed by atoms with Crippen LogP contribution in [0.25, 0.3) is 11.4 Å². The Balaban J connectivity index is 1.39. The number of carbonyl (C=O) groups excluding carboxylic acids is 1. The fourth-order valence-corrected chi connectivity index (χ4v) is 4.82. The van der Waals surface area contributed by atoms with Gasteiger partial charge in [-0.25, -0.2) is 4.98 Å². The molecule has 0 saturated heterocycles. The van der Waals surface area contributed by atoms with Gasteiger partial charge in [0, 0.05) is 41.3 Å². The first-order valence-corrected chi connectivity index (χ1v) is 11.9. The van der Waals surface area contributed by atoms with Gasteiger partial charge in [0.15, 0.2) is 11.0 Å². The molecule has 0 aliphatic rings. The molecular weight excluding hydrogens is 440 g/mol. The monoisotopic (exact) mass is 462 g/mol. The number of hydrogen-bond donors (Lipinski definition) is 1. The highest BCUT2D eigenvalue weighted by atomic mass is 32.2. The minimum absolute atomic E-state index is 0.0689. The van der Waals surface area contributed by atoms with E-state index >= 15 is 0 Å². The van der Waals surface area contributed by atoms with E-state index in [1.54, 1.807) is 24.2 Å². The molecule has 0 bridgehead atoms. The van der Waals surface area contributed by atoms with Crippen LogP contribution in [0, 0.1) is 6.92 Å². The summed E-state index contributed by atoms with van der Waals surface area (Å²) in [5, 5.41) is 15.2. The van der Waals surface area contributed by atoms with Gasteiger partial charge < -0.3 is 5.32 Å². The summed E-state index contributed by atoms with van der Waals surface area (Å²) in [7, 11) is 0. The minimum Gasteiger partial charge on any atom is -0.325 e. The molecule has 0 radical (unpaired) electrons. The van der Waals surface area contributed by atoms with Gasteiger partial charge in [-0.15, -0.1) is 28.1 Å². The van der Waals surface area contributed by atoms with Crippen LogP contribution in [-0.2, 0) is 23.5 Å². The smallest absolute Gasteiger partial charge is 0.231 e. The lowest BCUT2D eigenvalue weighted by Crippen LogP contribution is -2.15. The SMILES string of the molecule is C=CCn1c(SCc2csc(CC(=O)Nc3ccccc3C)n2)nnc1-c1ccncc1. The number of allylic oxidation sites excluding steroid dienone is 1. The van der Waals surface area contributed by atoms with Gasteiger partial charge in [-0.2, -0.15) is 0 Å². The maximum Gasteiger partial charge on any atom is 0.231 e. The number of aryl methyl sites for hydroxylation is 1. The van der Waals surface area contributed by atoms with Crippen LogP contribution in [-0.4, -0.2) is 30.6 Å². The van der Waals surface area contributed by atoms with Crippen LogP contribution in [0.4, 0.5) is 5.69 Å². The molecule has 4 aromatic rings. The number of thiazole rings is 1. The third-order valence-corrected chi connectivity index (χ3v) is 6.54. The molecule has 32 heavy (non-hydrogen) atoms. The Hall–Kier alpha value is -3.30. The Morgan fingerprint density at radius 1 is 1.22 bits per heavy atom. The van der Waals surface area contributed by atoms with Gasteiger partial charge in [0.05, 0.1) is 12.1 Å². The number of hydrogen-bond acceptors (Lipinski definition) is 7. The van der Waals surface area contributed by atoms with Crippen LogP contribution < -0.4 is 5.32 Å². The van der Waals surface area contributed by atoms with Crippen LogP contribution in [0.5, 0.6) is 0 Å². The summed E-state index contributed by atoms with van der Waals surface area (Å²) in [5.41, 5.74) is 3.73. The van der Waals surface area contributed by atoms with E-state index in [1.807, 2.05) is 59.3 Å².